The molecule has 4 aromatic rings. The summed E-state index contributed by atoms with van der Waals surface area (Å²) >= 11 is 1.39. The van der Waals surface area contributed by atoms with Crippen LogP contribution in [0.5, 0.6) is 0 Å². The molecule has 0 spiro atoms. The number of nitrogens with zero attached hydrogens (tertiary/aromatic N) is 2. The Morgan fingerprint density at radius 3 is 2.31 bits per heavy atom. The number of benzene rings is 3. The van der Waals surface area contributed by atoms with Crippen LogP contribution in [0, 0.1) is 11.6 Å². The van der Waals surface area contributed by atoms with Crippen LogP contribution in [-0.2, 0) is 41.7 Å². The summed E-state index contributed by atoms with van der Waals surface area (Å²) < 4.78 is 40.6. The minimum absolute atomic E-state index is 0.00866. The van der Waals surface area contributed by atoms with Crippen LogP contribution in [0.25, 0.3) is 0 Å². The molecule has 1 aromatic heterocycles. The Kier molecular flexibility index (Phi) is 13.1. The van der Waals surface area contributed by atoms with Crippen LogP contribution in [0.15, 0.2) is 60.7 Å². The van der Waals surface area contributed by atoms with Crippen molar-refractivity contribution in [2.45, 2.75) is 70.9 Å². The van der Waals surface area contributed by atoms with Gasteiger partial charge in [0.1, 0.15) is 16.6 Å². The number of esters is 1. The van der Waals surface area contributed by atoms with Gasteiger partial charge in [0.15, 0.2) is 0 Å². The van der Waals surface area contributed by atoms with Gasteiger partial charge >= 0.3 is 5.97 Å². The topological polar surface area (TPSA) is 100 Å². The van der Waals surface area contributed by atoms with E-state index in [4.69, 9.17) is 9.47 Å². The first kappa shape index (κ1) is 40.2. The number of ether oxygens (including phenoxy) is 2. The molecule has 1 fully saturated rings. The van der Waals surface area contributed by atoms with Crippen molar-refractivity contribution in [2.24, 2.45) is 0 Å². The quantitative estimate of drug-likeness (QED) is 0.0993. The van der Waals surface area contributed by atoms with Crippen LogP contribution in [-0.4, -0.2) is 80.1 Å². The number of anilines is 2. The van der Waals surface area contributed by atoms with Gasteiger partial charge in [-0.15, -0.1) is 11.3 Å². The molecule has 292 valence electrons. The molecule has 2 heterocycles. The molecule has 1 aliphatic heterocycles. The van der Waals surface area contributed by atoms with Crippen molar-refractivity contribution in [1.82, 2.24) is 9.80 Å². The lowest BCUT2D eigenvalue weighted by Crippen LogP contribution is -2.58. The van der Waals surface area contributed by atoms with Crippen LogP contribution in [0.1, 0.15) is 91.3 Å². The smallest absolute Gasteiger partial charge is 0.337 e. The summed E-state index contributed by atoms with van der Waals surface area (Å²) in [6.07, 6.45) is 4.79. The van der Waals surface area contributed by atoms with Gasteiger partial charge in [0.2, 0.25) is 0 Å². The molecule has 0 atom stereocenters. The number of hydrogen-bond acceptors (Lipinski definition) is 8. The lowest BCUT2D eigenvalue weighted by Gasteiger charge is -2.47. The van der Waals surface area contributed by atoms with Crippen molar-refractivity contribution in [2.75, 3.05) is 57.6 Å². The van der Waals surface area contributed by atoms with E-state index in [0.717, 1.165) is 92.2 Å². The second kappa shape index (κ2) is 18.0. The molecule has 1 aliphatic carbocycles. The molecule has 0 saturated carbocycles. The van der Waals surface area contributed by atoms with Gasteiger partial charge in [-0.2, -0.15) is 0 Å². The number of nitrogens with one attached hydrogen (secondary N) is 2. The Labute approximate surface area is 326 Å². The number of aryl methyl sites for hydroxylation is 2. The van der Waals surface area contributed by atoms with Gasteiger partial charge in [0.05, 0.1) is 18.2 Å². The van der Waals surface area contributed by atoms with Gasteiger partial charge in [-0.3, -0.25) is 14.5 Å². The third-order valence-electron chi connectivity index (χ3n) is 10.6. The predicted octanol–water partition coefficient (Wildman–Crippen LogP) is 7.91. The van der Waals surface area contributed by atoms with Crippen molar-refractivity contribution in [3.63, 3.8) is 0 Å². The number of carbonyl (C=O) groups is 3. The fourth-order valence-electron chi connectivity index (χ4n) is 7.61. The fraction of sp³-hybridized carbons (Fsp3) is 0.419. The van der Waals surface area contributed by atoms with E-state index in [2.05, 4.69) is 34.3 Å². The Morgan fingerprint density at radius 1 is 0.855 bits per heavy atom. The number of hydrogen-bond donors (Lipinski definition) is 2. The standard InChI is InChI=1S/C43H50F2N4O5S/c1-43(2)27-48(19-8-22-53-3)20-21-49(43)26-29-9-7-10-31(23-29)39(50)47-41-38(34-11-5-6-12-37(34)55-41)40(51)46-32-24-35(44)33(36(45)25-32)18-15-28-13-16-30(17-14-28)42(52)54-4/h7,9-10,13-14,16-17,23-25H,5-6,8,11-12,15,18-22,26-27H2,1-4H3,(H,46,51)(H,47,50). The summed E-state index contributed by atoms with van der Waals surface area (Å²) in [4.78, 5) is 45.3. The van der Waals surface area contributed by atoms with Crippen molar-refractivity contribution in [3.05, 3.63) is 116 Å². The van der Waals surface area contributed by atoms with Crippen LogP contribution < -0.4 is 10.6 Å². The summed E-state index contributed by atoms with van der Waals surface area (Å²) in [6, 6.07) is 16.5. The third kappa shape index (κ3) is 9.85. The molecule has 55 heavy (non-hydrogen) atoms. The third-order valence-corrected chi connectivity index (χ3v) is 11.8. The second-order valence-electron chi connectivity index (χ2n) is 15.0. The predicted molar refractivity (Wildman–Crippen MR) is 212 cm³/mol. The van der Waals surface area contributed by atoms with E-state index >= 15 is 8.78 Å². The lowest BCUT2D eigenvalue weighted by atomic mass is 9.95. The number of fused-ring (bicyclic) bond motifs is 1. The first-order valence-electron chi connectivity index (χ1n) is 18.9. The zero-order chi connectivity index (χ0) is 39.1. The minimum atomic E-state index is -0.769. The van der Waals surface area contributed by atoms with Gasteiger partial charge in [0.25, 0.3) is 11.8 Å². The summed E-state index contributed by atoms with van der Waals surface area (Å²) in [5.74, 6) is -2.84. The molecule has 1 saturated heterocycles. The highest BCUT2D eigenvalue weighted by molar-refractivity contribution is 7.17. The Hall–Kier alpha value is -4.49. The number of methoxy groups -OCH3 is 2. The number of halogens is 2. The SMILES string of the molecule is COCCCN1CCN(Cc2cccc(C(=O)Nc3sc4c(c3C(=O)Nc3cc(F)c(CCc5ccc(C(=O)OC)cc5)c(F)c3)CCCC4)c2)C(C)(C)C1. The number of carbonyl (C=O) groups excluding carboxylic acids is 3. The number of piperazine rings is 1. The van der Waals surface area contributed by atoms with E-state index in [9.17, 15) is 14.4 Å². The maximum absolute atomic E-state index is 15.3. The first-order valence-corrected chi connectivity index (χ1v) is 19.7. The van der Waals surface area contributed by atoms with Crippen molar-refractivity contribution < 1.29 is 32.6 Å². The lowest BCUT2D eigenvalue weighted by molar-refractivity contribution is 0.0109. The molecule has 0 bridgehead atoms. The summed E-state index contributed by atoms with van der Waals surface area (Å²) in [5, 5.41) is 6.16. The highest BCUT2D eigenvalue weighted by Gasteiger charge is 2.33. The minimum Gasteiger partial charge on any atom is -0.465 e. The average Bonchev–Trinajstić information content (AvgIpc) is 3.53. The largest absolute Gasteiger partial charge is 0.465 e. The zero-order valence-corrected chi connectivity index (χ0v) is 32.9. The second-order valence-corrected chi connectivity index (χ2v) is 16.1. The average molecular weight is 773 g/mol. The molecule has 6 rings (SSSR count). The summed E-state index contributed by atoms with van der Waals surface area (Å²) in [5.41, 5.74) is 3.78. The number of rotatable bonds is 14. The number of thiophene rings is 1. The van der Waals surface area contributed by atoms with E-state index in [1.165, 1.54) is 18.4 Å². The molecule has 2 N–H and O–H groups in total. The number of amides is 2. The maximum atomic E-state index is 15.3. The zero-order valence-electron chi connectivity index (χ0n) is 32.1. The van der Waals surface area contributed by atoms with Crippen molar-refractivity contribution in [3.8, 4) is 0 Å². The van der Waals surface area contributed by atoms with E-state index in [-0.39, 0.29) is 29.1 Å². The summed E-state index contributed by atoms with van der Waals surface area (Å²) in [6.45, 7) is 9.81. The van der Waals surface area contributed by atoms with Crippen LogP contribution in [0.3, 0.4) is 0 Å². The molecular weight excluding hydrogens is 723 g/mol. The molecule has 2 amide bonds. The normalized spacial score (nSPS) is 15.7. The maximum Gasteiger partial charge on any atom is 0.337 e. The van der Waals surface area contributed by atoms with Gasteiger partial charge in [0, 0.05) is 73.7 Å². The van der Waals surface area contributed by atoms with Gasteiger partial charge in [-0.25, -0.2) is 13.6 Å². The van der Waals surface area contributed by atoms with Gasteiger partial charge in [-0.1, -0.05) is 24.3 Å². The van der Waals surface area contributed by atoms with Gasteiger partial charge < -0.3 is 25.0 Å². The summed E-state index contributed by atoms with van der Waals surface area (Å²) in [7, 11) is 3.03. The van der Waals surface area contributed by atoms with Crippen LogP contribution >= 0.6 is 11.3 Å². The molecule has 0 radical (unpaired) electrons. The van der Waals surface area contributed by atoms with Gasteiger partial charge in [-0.05, 0) is 112 Å². The fourth-order valence-corrected chi connectivity index (χ4v) is 8.89. The molecule has 12 heteroatoms. The highest BCUT2D eigenvalue weighted by atomic mass is 32.1. The molecule has 9 nitrogen and oxygen atoms in total. The van der Waals surface area contributed by atoms with E-state index in [1.807, 2.05) is 18.2 Å². The highest BCUT2D eigenvalue weighted by Crippen LogP contribution is 2.39. The van der Waals surface area contributed by atoms with Crippen LogP contribution in [0.4, 0.5) is 19.5 Å². The first-order chi connectivity index (χ1) is 26.4. The molecule has 2 aliphatic rings. The Balaban J connectivity index is 1.13. The molecule has 0 unspecified atom stereocenters. The Morgan fingerprint density at radius 2 is 1.60 bits per heavy atom. The van der Waals surface area contributed by atoms with Crippen molar-refractivity contribution >= 4 is 39.8 Å². The van der Waals surface area contributed by atoms with Crippen molar-refractivity contribution in [1.29, 1.82) is 0 Å². The van der Waals surface area contributed by atoms with E-state index < -0.39 is 23.5 Å². The Bertz CT molecular complexity index is 1990. The monoisotopic (exact) mass is 772 g/mol. The molecular formula is C43H50F2N4O5S. The van der Waals surface area contributed by atoms with E-state index in [0.29, 0.717) is 41.1 Å². The van der Waals surface area contributed by atoms with E-state index in [1.54, 1.807) is 37.4 Å². The van der Waals surface area contributed by atoms with Crippen LogP contribution in [0.2, 0.25) is 0 Å². The molecule has 3 aromatic carbocycles.